The van der Waals surface area contributed by atoms with Crippen LogP contribution in [-0.2, 0) is 11.3 Å². The molecule has 1 aliphatic carbocycles. The van der Waals surface area contributed by atoms with E-state index in [1.165, 1.54) is 0 Å². The largest absolute Gasteiger partial charge is 0.376 e. The van der Waals surface area contributed by atoms with E-state index in [9.17, 15) is 9.59 Å². The van der Waals surface area contributed by atoms with Crippen LogP contribution in [0.1, 0.15) is 47.2 Å². The number of aromatic nitrogens is 1. The number of hydrogen-bond acceptors (Lipinski definition) is 3. The summed E-state index contributed by atoms with van der Waals surface area (Å²) in [5.41, 5.74) is 1.67. The minimum Gasteiger partial charge on any atom is -0.376 e. The van der Waals surface area contributed by atoms with Crippen LogP contribution in [0.3, 0.4) is 0 Å². The van der Waals surface area contributed by atoms with Gasteiger partial charge in [0.15, 0.2) is 0 Å². The summed E-state index contributed by atoms with van der Waals surface area (Å²) in [6.07, 6.45) is 5.73. The molecule has 1 amide bonds. The second-order valence-electron chi connectivity index (χ2n) is 7.80. The molecule has 2 heterocycles. The van der Waals surface area contributed by atoms with Crippen LogP contribution in [0.5, 0.6) is 0 Å². The quantitative estimate of drug-likeness (QED) is 0.738. The molecule has 1 saturated heterocycles. The van der Waals surface area contributed by atoms with Crippen LogP contribution >= 0.6 is 0 Å². The Labute approximate surface area is 171 Å². The molecule has 2 aliphatic rings. The second kappa shape index (κ2) is 8.67. The van der Waals surface area contributed by atoms with Gasteiger partial charge in [-0.05, 0) is 56.4 Å². The van der Waals surface area contributed by atoms with Crippen LogP contribution in [0.4, 0.5) is 0 Å². The van der Waals surface area contributed by atoms with E-state index >= 15 is 0 Å². The maximum atomic E-state index is 13.3. The summed E-state index contributed by atoms with van der Waals surface area (Å²) in [5.74, 6) is 6.01. The molecule has 150 valence electrons. The van der Waals surface area contributed by atoms with E-state index in [0.29, 0.717) is 18.7 Å². The molecule has 1 aromatic carbocycles. The lowest BCUT2D eigenvalue weighted by Crippen LogP contribution is -2.39. The molecule has 0 bridgehead atoms. The van der Waals surface area contributed by atoms with E-state index < -0.39 is 0 Å². The first-order chi connectivity index (χ1) is 14.1. The number of hydrogen-bond donors (Lipinski definition) is 0. The van der Waals surface area contributed by atoms with Crippen molar-refractivity contribution in [3.05, 3.63) is 69.6 Å². The van der Waals surface area contributed by atoms with Gasteiger partial charge in [0.1, 0.15) is 5.56 Å². The summed E-state index contributed by atoms with van der Waals surface area (Å²) in [6, 6.07) is 11.8. The van der Waals surface area contributed by atoms with Crippen molar-refractivity contribution >= 4 is 5.91 Å². The number of carbonyl (C=O) groups excluding carboxylic acids is 1. The Morgan fingerprint density at radius 1 is 1.21 bits per heavy atom. The fourth-order valence-corrected chi connectivity index (χ4v) is 3.72. The van der Waals surface area contributed by atoms with E-state index in [-0.39, 0.29) is 29.2 Å². The highest BCUT2D eigenvalue weighted by Gasteiger charge is 2.34. The van der Waals surface area contributed by atoms with E-state index in [1.807, 2.05) is 43.3 Å². The number of amides is 1. The van der Waals surface area contributed by atoms with Gasteiger partial charge in [-0.25, -0.2) is 0 Å². The van der Waals surface area contributed by atoms with Gasteiger partial charge in [-0.15, -0.1) is 0 Å². The molecule has 2 fully saturated rings. The molecular formula is C24H26N2O3. The number of benzene rings is 1. The molecule has 29 heavy (non-hydrogen) atoms. The maximum absolute atomic E-state index is 13.3. The Bertz CT molecular complexity index is 990. The summed E-state index contributed by atoms with van der Waals surface area (Å²) in [7, 11) is 0. The van der Waals surface area contributed by atoms with Crippen molar-refractivity contribution in [3.8, 4) is 11.8 Å². The Morgan fingerprint density at radius 3 is 2.69 bits per heavy atom. The van der Waals surface area contributed by atoms with Gasteiger partial charge >= 0.3 is 0 Å². The molecule has 1 aromatic heterocycles. The second-order valence-corrected chi connectivity index (χ2v) is 7.80. The Hall–Kier alpha value is -2.84. The van der Waals surface area contributed by atoms with Crippen LogP contribution in [0.2, 0.25) is 0 Å². The van der Waals surface area contributed by atoms with Crippen molar-refractivity contribution < 1.29 is 9.53 Å². The molecule has 4 rings (SSSR count). The first-order valence-corrected chi connectivity index (χ1v) is 10.3. The first-order valence-electron chi connectivity index (χ1n) is 10.3. The average Bonchev–Trinajstić information content (AvgIpc) is 3.43. The molecule has 1 saturated carbocycles. The number of nitrogens with zero attached hydrogens (tertiary/aromatic N) is 2. The zero-order valence-electron chi connectivity index (χ0n) is 16.8. The number of ether oxygens (including phenoxy) is 1. The molecule has 1 unspecified atom stereocenters. The van der Waals surface area contributed by atoms with Crippen molar-refractivity contribution in [1.82, 2.24) is 9.47 Å². The van der Waals surface area contributed by atoms with Crippen LogP contribution in [-0.4, -0.2) is 40.7 Å². The first kappa shape index (κ1) is 19.5. The van der Waals surface area contributed by atoms with Gasteiger partial charge < -0.3 is 14.2 Å². The molecule has 5 nitrogen and oxygen atoms in total. The van der Waals surface area contributed by atoms with Gasteiger partial charge in [-0.2, -0.15) is 0 Å². The summed E-state index contributed by atoms with van der Waals surface area (Å²) in [4.78, 5) is 28.2. The summed E-state index contributed by atoms with van der Waals surface area (Å²) < 4.78 is 7.28. The lowest BCUT2D eigenvalue weighted by Gasteiger charge is -2.21. The highest BCUT2D eigenvalue weighted by molar-refractivity contribution is 5.95. The van der Waals surface area contributed by atoms with Gasteiger partial charge in [0, 0.05) is 24.4 Å². The van der Waals surface area contributed by atoms with Gasteiger partial charge in [0.2, 0.25) is 0 Å². The summed E-state index contributed by atoms with van der Waals surface area (Å²) in [5, 5.41) is 0. The van der Waals surface area contributed by atoms with Crippen LogP contribution in [0.25, 0.3) is 0 Å². The molecule has 5 heteroatoms. The molecular weight excluding hydrogens is 364 g/mol. The smallest absolute Gasteiger partial charge is 0.263 e. The monoisotopic (exact) mass is 390 g/mol. The van der Waals surface area contributed by atoms with Gasteiger partial charge in [-0.1, -0.05) is 30.0 Å². The Balaban J connectivity index is 1.56. The minimum atomic E-state index is -0.229. The van der Waals surface area contributed by atoms with Crippen LogP contribution in [0.15, 0.2) is 47.4 Å². The average molecular weight is 390 g/mol. The number of rotatable bonds is 5. The zero-order valence-corrected chi connectivity index (χ0v) is 16.8. The Kier molecular flexibility index (Phi) is 5.82. The maximum Gasteiger partial charge on any atom is 0.263 e. The third-order valence-electron chi connectivity index (χ3n) is 5.52. The van der Waals surface area contributed by atoms with E-state index in [0.717, 1.165) is 37.9 Å². The van der Waals surface area contributed by atoms with E-state index in [2.05, 4.69) is 11.8 Å². The molecule has 1 atom stereocenters. The standard InChI is InChI=1S/C24H26N2O3/c1-18-13-15-25(17-21-10-6-16-29-21)23(27)22(18)24(28)26(20-11-12-20)14-5-9-19-7-3-2-4-8-19/h2-4,7-8,13,15,20-21H,6,10-12,14,16-17H2,1H3. The molecule has 0 radical (unpaired) electrons. The number of aryl methyl sites for hydroxylation is 1. The predicted octanol–water partition coefficient (Wildman–Crippen LogP) is 2.99. The highest BCUT2D eigenvalue weighted by atomic mass is 16.5. The third kappa shape index (κ3) is 4.60. The third-order valence-corrected chi connectivity index (χ3v) is 5.52. The normalized spacial score (nSPS) is 18.2. The van der Waals surface area contributed by atoms with Gasteiger partial charge in [-0.3, -0.25) is 9.59 Å². The topological polar surface area (TPSA) is 51.5 Å². The SMILES string of the molecule is Cc1ccn(CC2CCCO2)c(=O)c1C(=O)N(CC#Cc1ccccc1)C1CC1. The number of pyridine rings is 1. The van der Waals surface area contributed by atoms with Crippen molar-refractivity contribution in [1.29, 1.82) is 0 Å². The molecule has 0 N–H and O–H groups in total. The van der Waals surface area contributed by atoms with Crippen molar-refractivity contribution in [2.24, 2.45) is 0 Å². The lowest BCUT2D eigenvalue weighted by molar-refractivity contribution is 0.0759. The highest BCUT2D eigenvalue weighted by Crippen LogP contribution is 2.28. The van der Waals surface area contributed by atoms with Crippen LogP contribution in [0, 0.1) is 18.8 Å². The van der Waals surface area contributed by atoms with Crippen molar-refractivity contribution in [3.63, 3.8) is 0 Å². The molecule has 1 aliphatic heterocycles. The fraction of sp³-hybridized carbons (Fsp3) is 0.417. The Morgan fingerprint density at radius 2 is 2.00 bits per heavy atom. The van der Waals surface area contributed by atoms with Crippen molar-refractivity contribution in [2.45, 2.75) is 51.3 Å². The van der Waals surface area contributed by atoms with Gasteiger partial charge in [0.25, 0.3) is 11.5 Å². The lowest BCUT2D eigenvalue weighted by atomic mass is 10.1. The predicted molar refractivity (Wildman–Crippen MR) is 112 cm³/mol. The zero-order chi connectivity index (χ0) is 20.2. The summed E-state index contributed by atoms with van der Waals surface area (Å²) >= 11 is 0. The van der Waals surface area contributed by atoms with Gasteiger partial charge in [0.05, 0.1) is 19.2 Å². The number of carbonyl (C=O) groups is 1. The minimum absolute atomic E-state index is 0.0506. The fourth-order valence-electron chi connectivity index (χ4n) is 3.72. The molecule has 2 aromatic rings. The van der Waals surface area contributed by atoms with Crippen LogP contribution < -0.4 is 5.56 Å². The van der Waals surface area contributed by atoms with Crippen molar-refractivity contribution in [2.75, 3.05) is 13.2 Å². The molecule has 0 spiro atoms. The van der Waals surface area contributed by atoms with E-state index in [4.69, 9.17) is 4.74 Å². The summed E-state index contributed by atoms with van der Waals surface area (Å²) in [6.45, 7) is 3.40. The van der Waals surface area contributed by atoms with E-state index in [1.54, 1.807) is 15.7 Å².